The number of hydrogen-bond acceptors (Lipinski definition) is 3. The molecular weight excluding hydrogens is 318 g/mol. The number of nitrogens with zero attached hydrogens (tertiary/aromatic N) is 2. The molecule has 0 aliphatic carbocycles. The predicted molar refractivity (Wildman–Crippen MR) is 94.8 cm³/mol. The standard InChI is InChI=1S/C19H21N3O3/c1-11-5-7-15(8-6-11)22-14(4)18(24)21(19(22)25)10-17(23)16-9-12(2)20-13(16)3/h5-9,14,20H,10H2,1-4H3/t14-/m1/s1. The number of aryl methyl sites for hydroxylation is 3. The van der Waals surface area contributed by atoms with Gasteiger partial charge in [0.1, 0.15) is 6.04 Å². The number of carbonyl (C=O) groups is 3. The molecule has 25 heavy (non-hydrogen) atoms. The van der Waals surface area contributed by atoms with Gasteiger partial charge in [-0.05, 0) is 45.9 Å². The number of imide groups is 1. The van der Waals surface area contributed by atoms with Gasteiger partial charge in [-0.3, -0.25) is 19.4 Å². The minimum absolute atomic E-state index is 0.248. The quantitative estimate of drug-likeness (QED) is 0.687. The molecule has 1 aromatic carbocycles. The number of aromatic nitrogens is 1. The van der Waals surface area contributed by atoms with Crippen LogP contribution in [0.2, 0.25) is 0 Å². The molecule has 6 nitrogen and oxygen atoms in total. The molecule has 2 aromatic rings. The molecule has 0 saturated carbocycles. The van der Waals surface area contributed by atoms with E-state index in [0.29, 0.717) is 11.3 Å². The normalized spacial score (nSPS) is 17.5. The summed E-state index contributed by atoms with van der Waals surface area (Å²) in [5.41, 5.74) is 3.85. The van der Waals surface area contributed by atoms with Crippen LogP contribution in [0.3, 0.4) is 0 Å². The van der Waals surface area contributed by atoms with E-state index in [2.05, 4.69) is 4.98 Å². The third-order valence-electron chi connectivity index (χ3n) is 4.51. The van der Waals surface area contributed by atoms with Crippen molar-refractivity contribution in [3.8, 4) is 0 Å². The smallest absolute Gasteiger partial charge is 0.332 e. The van der Waals surface area contributed by atoms with Crippen molar-refractivity contribution < 1.29 is 14.4 Å². The molecule has 1 N–H and O–H groups in total. The van der Waals surface area contributed by atoms with Crippen LogP contribution in [0.15, 0.2) is 30.3 Å². The maximum absolute atomic E-state index is 12.7. The van der Waals surface area contributed by atoms with Crippen LogP contribution in [0.5, 0.6) is 0 Å². The molecule has 1 fully saturated rings. The molecule has 3 rings (SSSR count). The lowest BCUT2D eigenvalue weighted by Gasteiger charge is -2.19. The summed E-state index contributed by atoms with van der Waals surface area (Å²) in [6.07, 6.45) is 0. The number of rotatable bonds is 4. The fourth-order valence-corrected chi connectivity index (χ4v) is 3.15. The van der Waals surface area contributed by atoms with E-state index >= 15 is 0 Å². The third-order valence-corrected chi connectivity index (χ3v) is 4.51. The average Bonchev–Trinajstić information content (AvgIpc) is 3.00. The second-order valence-electron chi connectivity index (χ2n) is 6.50. The van der Waals surface area contributed by atoms with Crippen LogP contribution >= 0.6 is 0 Å². The van der Waals surface area contributed by atoms with Crippen LogP contribution in [0.4, 0.5) is 10.5 Å². The van der Waals surface area contributed by atoms with Crippen molar-refractivity contribution in [3.63, 3.8) is 0 Å². The molecular formula is C19H21N3O3. The Morgan fingerprint density at radius 3 is 2.32 bits per heavy atom. The van der Waals surface area contributed by atoms with Crippen LogP contribution in [0.25, 0.3) is 0 Å². The van der Waals surface area contributed by atoms with Crippen LogP contribution in [0.1, 0.15) is 34.2 Å². The van der Waals surface area contributed by atoms with Crippen molar-refractivity contribution in [3.05, 3.63) is 52.8 Å². The van der Waals surface area contributed by atoms with Crippen molar-refractivity contribution >= 4 is 23.4 Å². The van der Waals surface area contributed by atoms with Crippen molar-refractivity contribution in [2.45, 2.75) is 33.7 Å². The van der Waals surface area contributed by atoms with Gasteiger partial charge in [0.25, 0.3) is 5.91 Å². The fraction of sp³-hybridized carbons (Fsp3) is 0.316. The number of aromatic amines is 1. The zero-order chi connectivity index (χ0) is 18.3. The lowest BCUT2D eigenvalue weighted by Crippen LogP contribution is -2.37. The predicted octanol–water partition coefficient (Wildman–Crippen LogP) is 2.98. The summed E-state index contributed by atoms with van der Waals surface area (Å²) in [5.74, 6) is -0.606. The number of benzene rings is 1. The number of nitrogens with one attached hydrogen (secondary N) is 1. The second-order valence-corrected chi connectivity index (χ2v) is 6.50. The molecule has 6 heteroatoms. The maximum Gasteiger partial charge on any atom is 0.332 e. The monoisotopic (exact) mass is 339 g/mol. The fourth-order valence-electron chi connectivity index (χ4n) is 3.15. The maximum atomic E-state index is 12.7. The first kappa shape index (κ1) is 17.0. The summed E-state index contributed by atoms with van der Waals surface area (Å²) in [6, 6.07) is 8.05. The molecule has 1 aliphatic heterocycles. The number of Topliss-reactive ketones (excluding diaryl/α,β-unsaturated/α-hetero) is 1. The van der Waals surface area contributed by atoms with Crippen LogP contribution in [-0.2, 0) is 4.79 Å². The highest BCUT2D eigenvalue weighted by molar-refractivity contribution is 6.16. The number of H-pyrrole nitrogens is 1. The molecule has 2 heterocycles. The second kappa shape index (κ2) is 6.20. The van der Waals surface area contributed by atoms with E-state index in [9.17, 15) is 14.4 Å². The number of carbonyl (C=O) groups excluding carboxylic acids is 3. The Balaban J connectivity index is 1.84. The first-order valence-electron chi connectivity index (χ1n) is 8.20. The highest BCUT2D eigenvalue weighted by Crippen LogP contribution is 2.26. The highest BCUT2D eigenvalue weighted by Gasteiger charge is 2.44. The van der Waals surface area contributed by atoms with Crippen molar-refractivity contribution in [2.75, 3.05) is 11.4 Å². The molecule has 0 unspecified atom stereocenters. The summed E-state index contributed by atoms with van der Waals surface area (Å²) in [4.78, 5) is 43.3. The molecule has 1 atom stereocenters. The first-order chi connectivity index (χ1) is 11.8. The van der Waals surface area contributed by atoms with Gasteiger partial charge >= 0.3 is 6.03 Å². The lowest BCUT2D eigenvalue weighted by molar-refractivity contribution is -0.126. The van der Waals surface area contributed by atoms with Gasteiger partial charge in [-0.1, -0.05) is 17.7 Å². The van der Waals surface area contributed by atoms with Crippen LogP contribution < -0.4 is 4.90 Å². The Morgan fingerprint density at radius 2 is 1.76 bits per heavy atom. The van der Waals surface area contributed by atoms with Gasteiger partial charge in [-0.25, -0.2) is 4.79 Å². The van der Waals surface area contributed by atoms with Crippen LogP contribution in [0, 0.1) is 20.8 Å². The SMILES string of the molecule is Cc1ccc(N2C(=O)N(CC(=O)c3cc(C)[nH]c3C)C(=O)[C@H]2C)cc1. The number of anilines is 1. The van der Waals surface area contributed by atoms with Gasteiger partial charge in [-0.2, -0.15) is 0 Å². The van der Waals surface area contributed by atoms with Crippen molar-refractivity contribution in [2.24, 2.45) is 0 Å². The Morgan fingerprint density at radius 1 is 1.12 bits per heavy atom. The Hall–Kier alpha value is -2.89. The van der Waals surface area contributed by atoms with E-state index in [1.54, 1.807) is 19.9 Å². The first-order valence-corrected chi connectivity index (χ1v) is 8.20. The topological polar surface area (TPSA) is 73.5 Å². The zero-order valence-corrected chi connectivity index (χ0v) is 14.8. The molecule has 3 amide bonds. The minimum Gasteiger partial charge on any atom is -0.362 e. The Labute approximate surface area is 146 Å². The molecule has 0 bridgehead atoms. The molecule has 0 radical (unpaired) electrons. The van der Waals surface area contributed by atoms with E-state index in [-0.39, 0.29) is 18.2 Å². The summed E-state index contributed by atoms with van der Waals surface area (Å²) >= 11 is 0. The highest BCUT2D eigenvalue weighted by atomic mass is 16.2. The van der Waals surface area contributed by atoms with Gasteiger partial charge in [0, 0.05) is 22.6 Å². The number of amides is 3. The van der Waals surface area contributed by atoms with E-state index in [1.807, 2.05) is 38.1 Å². The largest absolute Gasteiger partial charge is 0.362 e. The molecule has 1 aliphatic rings. The van der Waals surface area contributed by atoms with Gasteiger partial charge in [0.15, 0.2) is 5.78 Å². The van der Waals surface area contributed by atoms with E-state index < -0.39 is 12.1 Å². The number of urea groups is 1. The summed E-state index contributed by atoms with van der Waals surface area (Å²) in [6.45, 7) is 7.04. The number of ketones is 1. The van der Waals surface area contributed by atoms with E-state index in [4.69, 9.17) is 0 Å². The molecule has 1 saturated heterocycles. The van der Waals surface area contributed by atoms with Crippen LogP contribution in [-0.4, -0.2) is 40.2 Å². The summed E-state index contributed by atoms with van der Waals surface area (Å²) < 4.78 is 0. The van der Waals surface area contributed by atoms with Crippen molar-refractivity contribution in [1.29, 1.82) is 0 Å². The zero-order valence-electron chi connectivity index (χ0n) is 14.8. The average molecular weight is 339 g/mol. The van der Waals surface area contributed by atoms with E-state index in [0.717, 1.165) is 21.9 Å². The summed E-state index contributed by atoms with van der Waals surface area (Å²) in [5, 5.41) is 0. The summed E-state index contributed by atoms with van der Waals surface area (Å²) in [7, 11) is 0. The minimum atomic E-state index is -0.628. The lowest BCUT2D eigenvalue weighted by atomic mass is 10.1. The van der Waals surface area contributed by atoms with Gasteiger partial charge < -0.3 is 4.98 Å². The van der Waals surface area contributed by atoms with Crippen molar-refractivity contribution in [1.82, 2.24) is 9.88 Å². The third kappa shape index (κ3) is 2.95. The van der Waals surface area contributed by atoms with Gasteiger partial charge in [-0.15, -0.1) is 0 Å². The van der Waals surface area contributed by atoms with Gasteiger partial charge in [0.2, 0.25) is 0 Å². The van der Waals surface area contributed by atoms with E-state index in [1.165, 1.54) is 4.90 Å². The van der Waals surface area contributed by atoms with Gasteiger partial charge in [0.05, 0.1) is 6.54 Å². The number of hydrogen-bond donors (Lipinski definition) is 1. The molecule has 0 spiro atoms. The Kier molecular flexibility index (Phi) is 4.20. The Bertz CT molecular complexity index is 851. The molecule has 1 aromatic heterocycles. The molecule has 130 valence electrons.